The Bertz CT molecular complexity index is 170. The standard InChI is InChI=1S/C7H14N2O3/c1-3-5(7(8)11)9-6(10)4-12-2/h5H,3-4H2,1-2H3,(H2,8,11)(H,9,10)/t5-/m0/s1. The summed E-state index contributed by atoms with van der Waals surface area (Å²) in [5.41, 5.74) is 5.00. The predicted molar refractivity (Wildman–Crippen MR) is 43.3 cm³/mol. The van der Waals surface area contributed by atoms with E-state index in [2.05, 4.69) is 10.1 Å². The van der Waals surface area contributed by atoms with Crippen LogP contribution in [-0.2, 0) is 14.3 Å². The Morgan fingerprint density at radius 2 is 2.17 bits per heavy atom. The summed E-state index contributed by atoms with van der Waals surface area (Å²) in [4.78, 5) is 21.5. The van der Waals surface area contributed by atoms with E-state index in [1.165, 1.54) is 7.11 Å². The molecule has 1 atom stereocenters. The summed E-state index contributed by atoms with van der Waals surface area (Å²) in [7, 11) is 1.41. The SMILES string of the molecule is CC[C@H](NC(=O)COC)C(N)=O. The molecular weight excluding hydrogens is 160 g/mol. The Balaban J connectivity index is 3.85. The maximum atomic E-state index is 10.9. The largest absolute Gasteiger partial charge is 0.375 e. The highest BCUT2D eigenvalue weighted by molar-refractivity contribution is 5.86. The van der Waals surface area contributed by atoms with Gasteiger partial charge >= 0.3 is 0 Å². The Morgan fingerprint density at radius 1 is 1.58 bits per heavy atom. The first-order chi connectivity index (χ1) is 5.61. The second-order valence-electron chi connectivity index (χ2n) is 2.36. The van der Waals surface area contributed by atoms with Gasteiger partial charge in [0.25, 0.3) is 0 Å². The van der Waals surface area contributed by atoms with Crippen molar-refractivity contribution in [1.82, 2.24) is 5.32 Å². The molecule has 0 aliphatic heterocycles. The number of hydrogen-bond donors (Lipinski definition) is 2. The van der Waals surface area contributed by atoms with Crippen molar-refractivity contribution in [2.75, 3.05) is 13.7 Å². The number of nitrogens with two attached hydrogens (primary N) is 1. The minimum absolute atomic E-state index is 0.0518. The number of ether oxygens (including phenoxy) is 1. The van der Waals surface area contributed by atoms with Crippen LogP contribution in [0, 0.1) is 0 Å². The number of hydrogen-bond acceptors (Lipinski definition) is 3. The lowest BCUT2D eigenvalue weighted by Crippen LogP contribution is -2.45. The molecule has 5 heteroatoms. The van der Waals surface area contributed by atoms with Gasteiger partial charge in [-0.2, -0.15) is 0 Å². The van der Waals surface area contributed by atoms with E-state index in [-0.39, 0.29) is 12.5 Å². The van der Waals surface area contributed by atoms with Crippen LogP contribution in [0.2, 0.25) is 0 Å². The van der Waals surface area contributed by atoms with Crippen molar-refractivity contribution >= 4 is 11.8 Å². The van der Waals surface area contributed by atoms with Crippen LogP contribution in [-0.4, -0.2) is 31.6 Å². The van der Waals surface area contributed by atoms with Crippen LogP contribution >= 0.6 is 0 Å². The molecule has 0 fully saturated rings. The normalized spacial score (nSPS) is 12.2. The molecule has 0 radical (unpaired) electrons. The average molecular weight is 174 g/mol. The van der Waals surface area contributed by atoms with Crippen molar-refractivity contribution in [2.24, 2.45) is 5.73 Å². The van der Waals surface area contributed by atoms with Crippen molar-refractivity contribution in [3.63, 3.8) is 0 Å². The van der Waals surface area contributed by atoms with Gasteiger partial charge in [-0.1, -0.05) is 6.92 Å². The second kappa shape index (κ2) is 5.54. The third kappa shape index (κ3) is 3.92. The maximum Gasteiger partial charge on any atom is 0.246 e. The summed E-state index contributed by atoms with van der Waals surface area (Å²) in [5.74, 6) is -0.856. The highest BCUT2D eigenvalue weighted by atomic mass is 16.5. The van der Waals surface area contributed by atoms with Gasteiger partial charge in [-0.15, -0.1) is 0 Å². The van der Waals surface area contributed by atoms with Gasteiger partial charge in [0.1, 0.15) is 12.6 Å². The van der Waals surface area contributed by atoms with Gasteiger partial charge in [0.05, 0.1) is 0 Å². The topological polar surface area (TPSA) is 81.4 Å². The van der Waals surface area contributed by atoms with Crippen molar-refractivity contribution in [2.45, 2.75) is 19.4 Å². The molecule has 0 saturated heterocycles. The summed E-state index contributed by atoms with van der Waals surface area (Å²) in [6, 6.07) is -0.590. The Labute approximate surface area is 71.3 Å². The molecule has 0 heterocycles. The zero-order valence-corrected chi connectivity index (χ0v) is 7.29. The van der Waals surface area contributed by atoms with Crippen LogP contribution < -0.4 is 11.1 Å². The second-order valence-corrected chi connectivity index (χ2v) is 2.36. The van der Waals surface area contributed by atoms with Crippen LogP contribution in [0.4, 0.5) is 0 Å². The van der Waals surface area contributed by atoms with Gasteiger partial charge in [0.15, 0.2) is 0 Å². The third-order valence-corrected chi connectivity index (χ3v) is 1.36. The Kier molecular flexibility index (Phi) is 5.03. The zero-order valence-electron chi connectivity index (χ0n) is 7.29. The van der Waals surface area contributed by atoms with Crippen LogP contribution in [0.25, 0.3) is 0 Å². The first-order valence-corrected chi connectivity index (χ1v) is 3.69. The van der Waals surface area contributed by atoms with Gasteiger partial charge in [-0.25, -0.2) is 0 Å². The van der Waals surface area contributed by atoms with Crippen LogP contribution in [0.3, 0.4) is 0 Å². The molecular formula is C7H14N2O3. The molecule has 0 saturated carbocycles. The quantitative estimate of drug-likeness (QED) is 0.561. The molecule has 0 aromatic heterocycles. The molecule has 3 N–H and O–H groups in total. The Morgan fingerprint density at radius 3 is 2.50 bits per heavy atom. The average Bonchev–Trinajstić information content (AvgIpc) is 2.00. The van der Waals surface area contributed by atoms with E-state index in [1.807, 2.05) is 0 Å². The summed E-state index contributed by atoms with van der Waals surface area (Å²) >= 11 is 0. The number of primary amides is 1. The molecule has 0 rings (SSSR count). The lowest BCUT2D eigenvalue weighted by molar-refractivity contribution is -0.129. The van der Waals surface area contributed by atoms with Gasteiger partial charge in [-0.05, 0) is 6.42 Å². The molecule has 12 heavy (non-hydrogen) atoms. The first-order valence-electron chi connectivity index (χ1n) is 3.69. The zero-order chi connectivity index (χ0) is 9.56. The van der Waals surface area contributed by atoms with Crippen LogP contribution in [0.15, 0.2) is 0 Å². The number of methoxy groups -OCH3 is 1. The van der Waals surface area contributed by atoms with E-state index in [4.69, 9.17) is 5.73 Å². The lowest BCUT2D eigenvalue weighted by atomic mass is 10.2. The fraction of sp³-hybridized carbons (Fsp3) is 0.714. The monoisotopic (exact) mass is 174 g/mol. The predicted octanol–water partition coefficient (Wildman–Crippen LogP) is -0.987. The summed E-state index contributed by atoms with van der Waals surface area (Å²) in [6.45, 7) is 1.71. The maximum absolute atomic E-state index is 10.9. The van der Waals surface area contributed by atoms with Crippen LogP contribution in [0.1, 0.15) is 13.3 Å². The molecule has 0 unspecified atom stereocenters. The lowest BCUT2D eigenvalue weighted by Gasteiger charge is -2.12. The number of amides is 2. The van der Waals surface area contributed by atoms with E-state index in [9.17, 15) is 9.59 Å². The molecule has 0 aromatic carbocycles. The van der Waals surface area contributed by atoms with Crippen molar-refractivity contribution in [3.8, 4) is 0 Å². The van der Waals surface area contributed by atoms with Gasteiger partial charge in [0.2, 0.25) is 11.8 Å². The molecule has 2 amide bonds. The molecule has 70 valence electrons. The highest BCUT2D eigenvalue weighted by Gasteiger charge is 2.14. The number of rotatable bonds is 5. The van der Waals surface area contributed by atoms with E-state index < -0.39 is 11.9 Å². The van der Waals surface area contributed by atoms with Gasteiger partial charge in [-0.3, -0.25) is 9.59 Å². The summed E-state index contributed by atoms with van der Waals surface area (Å²) in [5, 5.41) is 2.43. The molecule has 0 aliphatic rings. The van der Waals surface area contributed by atoms with Gasteiger partial charge in [0, 0.05) is 7.11 Å². The number of carbonyl (C=O) groups excluding carboxylic acids is 2. The minimum Gasteiger partial charge on any atom is -0.375 e. The van der Waals surface area contributed by atoms with Gasteiger partial charge < -0.3 is 15.8 Å². The van der Waals surface area contributed by atoms with E-state index in [1.54, 1.807) is 6.92 Å². The minimum atomic E-state index is -0.590. The van der Waals surface area contributed by atoms with Crippen molar-refractivity contribution in [1.29, 1.82) is 0 Å². The van der Waals surface area contributed by atoms with Crippen molar-refractivity contribution in [3.05, 3.63) is 0 Å². The highest BCUT2D eigenvalue weighted by Crippen LogP contribution is 1.88. The molecule has 0 spiro atoms. The molecule has 5 nitrogen and oxygen atoms in total. The summed E-state index contributed by atoms with van der Waals surface area (Å²) < 4.78 is 4.56. The Hall–Kier alpha value is -1.10. The molecule has 0 aromatic rings. The number of nitrogens with one attached hydrogen (secondary N) is 1. The third-order valence-electron chi connectivity index (χ3n) is 1.36. The fourth-order valence-corrected chi connectivity index (χ4v) is 0.741. The van der Waals surface area contributed by atoms with E-state index >= 15 is 0 Å². The van der Waals surface area contributed by atoms with E-state index in [0.717, 1.165) is 0 Å². The first kappa shape index (κ1) is 10.9. The van der Waals surface area contributed by atoms with E-state index in [0.29, 0.717) is 6.42 Å². The number of carbonyl (C=O) groups is 2. The van der Waals surface area contributed by atoms with Crippen molar-refractivity contribution < 1.29 is 14.3 Å². The van der Waals surface area contributed by atoms with Crippen LogP contribution in [0.5, 0.6) is 0 Å². The fourth-order valence-electron chi connectivity index (χ4n) is 0.741. The summed E-state index contributed by atoms with van der Waals surface area (Å²) in [6.07, 6.45) is 0.491. The smallest absolute Gasteiger partial charge is 0.246 e. The molecule has 0 aliphatic carbocycles. The molecule has 0 bridgehead atoms.